The maximum atomic E-state index is 12.1. The number of benzene rings is 2. The highest BCUT2D eigenvalue weighted by Crippen LogP contribution is 2.10. The van der Waals surface area contributed by atoms with Crippen LogP contribution in [-0.2, 0) is 19.4 Å². The van der Waals surface area contributed by atoms with E-state index >= 15 is 0 Å². The van der Waals surface area contributed by atoms with Crippen LogP contribution < -0.4 is 5.32 Å². The van der Waals surface area contributed by atoms with Crippen molar-refractivity contribution in [1.82, 2.24) is 10.5 Å². The van der Waals surface area contributed by atoms with Gasteiger partial charge in [0.1, 0.15) is 0 Å². The molecule has 3 rings (SSSR count). The number of carbonyl (C=O) groups is 1. The first-order valence-corrected chi connectivity index (χ1v) is 8.10. The number of amides is 1. The Hall–Kier alpha value is -2.88. The Morgan fingerprint density at radius 1 is 1.04 bits per heavy atom. The van der Waals surface area contributed by atoms with Gasteiger partial charge in [-0.3, -0.25) is 4.79 Å². The Balaban J connectivity index is 1.55. The maximum Gasteiger partial charge on any atom is 0.251 e. The summed E-state index contributed by atoms with van der Waals surface area (Å²) >= 11 is 0. The molecule has 2 aromatic carbocycles. The van der Waals surface area contributed by atoms with E-state index in [1.807, 2.05) is 48.5 Å². The highest BCUT2D eigenvalue weighted by atomic mass is 16.5. The van der Waals surface area contributed by atoms with Crippen LogP contribution in [0.4, 0.5) is 0 Å². The molecular formula is C20H20N2O2. The Bertz CT molecular complexity index is 792. The molecule has 0 spiro atoms. The minimum Gasteiger partial charge on any atom is -0.359 e. The summed E-state index contributed by atoms with van der Waals surface area (Å²) in [7, 11) is 0. The van der Waals surface area contributed by atoms with Crippen LogP contribution in [0.25, 0.3) is 0 Å². The van der Waals surface area contributed by atoms with Crippen molar-refractivity contribution in [2.45, 2.75) is 26.3 Å². The van der Waals surface area contributed by atoms with E-state index in [4.69, 9.17) is 4.52 Å². The number of rotatable bonds is 6. The first-order valence-electron chi connectivity index (χ1n) is 8.10. The van der Waals surface area contributed by atoms with E-state index in [0.717, 1.165) is 18.5 Å². The van der Waals surface area contributed by atoms with E-state index in [0.29, 0.717) is 17.9 Å². The second-order valence-corrected chi connectivity index (χ2v) is 5.68. The minimum absolute atomic E-state index is 0.112. The fraction of sp³-hybridized carbons (Fsp3) is 0.200. The Labute approximate surface area is 141 Å². The first kappa shape index (κ1) is 16.0. The molecule has 1 aromatic heterocycles. The molecule has 1 N–H and O–H groups in total. The minimum atomic E-state index is -0.112. The SMILES string of the molecule is CCc1ccc(C(=O)NCc2cc(Cc3ccccc3)no2)cc1. The lowest BCUT2D eigenvalue weighted by atomic mass is 10.1. The molecule has 4 nitrogen and oxygen atoms in total. The third-order valence-corrected chi connectivity index (χ3v) is 3.88. The zero-order chi connectivity index (χ0) is 16.8. The average Bonchev–Trinajstić information content (AvgIpc) is 3.08. The highest BCUT2D eigenvalue weighted by Gasteiger charge is 2.09. The van der Waals surface area contributed by atoms with Gasteiger partial charge in [0.25, 0.3) is 5.91 Å². The van der Waals surface area contributed by atoms with Gasteiger partial charge >= 0.3 is 0 Å². The van der Waals surface area contributed by atoms with Crippen molar-refractivity contribution in [2.24, 2.45) is 0 Å². The summed E-state index contributed by atoms with van der Waals surface area (Å²) in [6, 6.07) is 19.6. The molecule has 0 fully saturated rings. The summed E-state index contributed by atoms with van der Waals surface area (Å²) in [5.74, 6) is 0.540. The fourth-order valence-electron chi connectivity index (χ4n) is 2.49. The number of carbonyl (C=O) groups excluding carboxylic acids is 1. The third kappa shape index (κ3) is 4.10. The summed E-state index contributed by atoms with van der Waals surface area (Å²) < 4.78 is 5.29. The molecule has 3 aromatic rings. The molecule has 0 saturated heterocycles. The largest absolute Gasteiger partial charge is 0.359 e. The van der Waals surface area contributed by atoms with Crippen molar-refractivity contribution < 1.29 is 9.32 Å². The Kier molecular flexibility index (Phi) is 5.06. The fourth-order valence-corrected chi connectivity index (χ4v) is 2.49. The second-order valence-electron chi connectivity index (χ2n) is 5.68. The van der Waals surface area contributed by atoms with Gasteiger partial charge in [0.05, 0.1) is 12.2 Å². The number of aryl methyl sites for hydroxylation is 1. The molecule has 122 valence electrons. The first-order chi connectivity index (χ1) is 11.7. The monoisotopic (exact) mass is 320 g/mol. The summed E-state index contributed by atoms with van der Waals surface area (Å²) in [6.45, 7) is 2.42. The lowest BCUT2D eigenvalue weighted by Crippen LogP contribution is -2.22. The molecule has 0 radical (unpaired) electrons. The van der Waals surface area contributed by atoms with E-state index in [1.165, 1.54) is 11.1 Å². The smallest absolute Gasteiger partial charge is 0.251 e. The van der Waals surface area contributed by atoms with Crippen molar-refractivity contribution in [3.8, 4) is 0 Å². The van der Waals surface area contributed by atoms with Gasteiger partial charge in [0.2, 0.25) is 0 Å². The lowest BCUT2D eigenvalue weighted by Gasteiger charge is -2.03. The molecule has 0 atom stereocenters. The van der Waals surface area contributed by atoms with E-state index in [-0.39, 0.29) is 5.91 Å². The highest BCUT2D eigenvalue weighted by molar-refractivity contribution is 5.94. The van der Waals surface area contributed by atoms with Crippen molar-refractivity contribution in [3.63, 3.8) is 0 Å². The van der Waals surface area contributed by atoms with E-state index in [1.54, 1.807) is 0 Å². The Morgan fingerprint density at radius 2 is 1.79 bits per heavy atom. The van der Waals surface area contributed by atoms with Crippen molar-refractivity contribution in [1.29, 1.82) is 0 Å². The number of hydrogen-bond donors (Lipinski definition) is 1. The van der Waals surface area contributed by atoms with Crippen LogP contribution in [0.15, 0.2) is 65.2 Å². The van der Waals surface area contributed by atoms with Crippen molar-refractivity contribution in [3.05, 3.63) is 88.8 Å². The molecule has 0 unspecified atom stereocenters. The molecular weight excluding hydrogens is 300 g/mol. The molecule has 24 heavy (non-hydrogen) atoms. The molecule has 4 heteroatoms. The quantitative estimate of drug-likeness (QED) is 0.752. The molecule has 0 bridgehead atoms. The molecule has 0 aliphatic carbocycles. The van der Waals surface area contributed by atoms with Crippen LogP contribution >= 0.6 is 0 Å². The van der Waals surface area contributed by atoms with Crippen LogP contribution in [-0.4, -0.2) is 11.1 Å². The van der Waals surface area contributed by atoms with E-state index < -0.39 is 0 Å². The van der Waals surface area contributed by atoms with Crippen LogP contribution in [0.1, 0.15) is 39.9 Å². The Morgan fingerprint density at radius 3 is 2.50 bits per heavy atom. The van der Waals surface area contributed by atoms with Gasteiger partial charge in [-0.05, 0) is 29.7 Å². The standard InChI is InChI=1S/C20H20N2O2/c1-2-15-8-10-17(11-9-15)20(23)21-14-19-13-18(22-24-19)12-16-6-4-3-5-7-16/h3-11,13H,2,12,14H2,1H3,(H,21,23). The van der Waals surface area contributed by atoms with Crippen molar-refractivity contribution in [2.75, 3.05) is 0 Å². The summed E-state index contributed by atoms with van der Waals surface area (Å²) in [5.41, 5.74) is 3.90. The van der Waals surface area contributed by atoms with Crippen molar-refractivity contribution >= 4 is 5.91 Å². The molecule has 0 aliphatic rings. The van der Waals surface area contributed by atoms with Gasteiger partial charge in [-0.1, -0.05) is 54.5 Å². The molecule has 0 saturated carbocycles. The zero-order valence-electron chi connectivity index (χ0n) is 13.7. The van der Waals surface area contributed by atoms with Gasteiger partial charge in [0, 0.05) is 18.1 Å². The van der Waals surface area contributed by atoms with Gasteiger partial charge in [-0.15, -0.1) is 0 Å². The van der Waals surface area contributed by atoms with Gasteiger partial charge in [0.15, 0.2) is 5.76 Å². The number of hydrogen-bond acceptors (Lipinski definition) is 3. The predicted octanol–water partition coefficient (Wildman–Crippen LogP) is 3.76. The molecule has 1 heterocycles. The second kappa shape index (κ2) is 7.59. The average molecular weight is 320 g/mol. The summed E-state index contributed by atoms with van der Waals surface area (Å²) in [5, 5.41) is 6.92. The third-order valence-electron chi connectivity index (χ3n) is 3.88. The van der Waals surface area contributed by atoms with E-state index in [2.05, 4.69) is 29.5 Å². The maximum absolute atomic E-state index is 12.1. The summed E-state index contributed by atoms with van der Waals surface area (Å²) in [6.07, 6.45) is 1.68. The number of nitrogens with one attached hydrogen (secondary N) is 1. The van der Waals surface area contributed by atoms with Gasteiger partial charge in [-0.25, -0.2) is 0 Å². The lowest BCUT2D eigenvalue weighted by molar-refractivity contribution is 0.0947. The predicted molar refractivity (Wildman–Crippen MR) is 92.7 cm³/mol. The van der Waals surface area contributed by atoms with Crippen LogP contribution in [0, 0.1) is 0 Å². The normalized spacial score (nSPS) is 10.5. The molecule has 0 aliphatic heterocycles. The number of aromatic nitrogens is 1. The van der Waals surface area contributed by atoms with Gasteiger partial charge < -0.3 is 9.84 Å². The van der Waals surface area contributed by atoms with Gasteiger partial charge in [-0.2, -0.15) is 0 Å². The van der Waals surface area contributed by atoms with Crippen LogP contribution in [0.2, 0.25) is 0 Å². The van der Waals surface area contributed by atoms with E-state index in [9.17, 15) is 4.79 Å². The summed E-state index contributed by atoms with van der Waals surface area (Å²) in [4.78, 5) is 12.1. The van der Waals surface area contributed by atoms with Crippen LogP contribution in [0.5, 0.6) is 0 Å². The number of nitrogens with zero attached hydrogens (tertiary/aromatic N) is 1. The zero-order valence-corrected chi connectivity index (χ0v) is 13.7. The van der Waals surface area contributed by atoms with Crippen LogP contribution in [0.3, 0.4) is 0 Å². The topological polar surface area (TPSA) is 55.1 Å². The molecule has 1 amide bonds.